The van der Waals surface area contributed by atoms with E-state index in [-0.39, 0.29) is 5.75 Å². The molecule has 2 N–H and O–H groups in total. The number of hydrogen-bond donors (Lipinski definition) is 2. The second-order valence-corrected chi connectivity index (χ2v) is 7.19. The molecule has 0 radical (unpaired) electrons. The first-order valence-corrected chi connectivity index (χ1v) is 9.82. The van der Waals surface area contributed by atoms with E-state index >= 15 is 0 Å². The number of likely N-dealkylation sites (tertiary alicyclic amines) is 1. The average molecular weight is 383 g/mol. The molecule has 0 spiro atoms. The maximum Gasteiger partial charge on any atom is 0.130 e. The third kappa shape index (κ3) is 4.09. The number of phenols is 1. The zero-order valence-corrected chi connectivity index (χ0v) is 17.4. The highest BCUT2D eigenvalue weighted by atomic mass is 16.3. The molecule has 1 aliphatic rings. The van der Waals surface area contributed by atoms with Crippen LogP contribution in [0, 0.1) is 6.92 Å². The van der Waals surface area contributed by atoms with E-state index in [1.807, 2.05) is 47.1 Å². The largest absolute Gasteiger partial charge is 0.507 e. The van der Waals surface area contributed by atoms with E-state index < -0.39 is 0 Å². The fraction of sp³-hybridized carbons (Fsp3) is 0.476. The lowest BCUT2D eigenvalue weighted by molar-refractivity contribution is 0.448. The molecule has 7 heteroatoms. The zero-order valence-electron chi connectivity index (χ0n) is 17.4. The summed E-state index contributed by atoms with van der Waals surface area (Å²) >= 11 is 0. The monoisotopic (exact) mass is 382 g/mol. The Kier molecular flexibility index (Phi) is 6.14. The van der Waals surface area contributed by atoms with Crippen LogP contribution in [0.15, 0.2) is 28.4 Å². The van der Waals surface area contributed by atoms with Crippen molar-refractivity contribution >= 4 is 28.7 Å². The number of aryl methyl sites for hydroxylation is 2. The smallest absolute Gasteiger partial charge is 0.130 e. The van der Waals surface area contributed by atoms with Crippen molar-refractivity contribution in [2.45, 2.75) is 39.7 Å². The molecule has 0 bridgehead atoms. The van der Waals surface area contributed by atoms with Gasteiger partial charge < -0.3 is 15.3 Å². The van der Waals surface area contributed by atoms with Crippen molar-refractivity contribution in [3.63, 3.8) is 0 Å². The van der Waals surface area contributed by atoms with Gasteiger partial charge in [-0.25, -0.2) is 9.98 Å². The summed E-state index contributed by atoms with van der Waals surface area (Å²) in [7, 11) is 3.88. The van der Waals surface area contributed by atoms with Crippen LogP contribution in [0.4, 0.5) is 0 Å². The van der Waals surface area contributed by atoms with Crippen LogP contribution in [0.2, 0.25) is 0 Å². The molecular formula is C21H30N6O. The number of amidine groups is 1. The summed E-state index contributed by atoms with van der Waals surface area (Å²) in [6, 6.07) is 2.44. The highest BCUT2D eigenvalue weighted by molar-refractivity contribution is 5.95. The molecule has 28 heavy (non-hydrogen) atoms. The lowest BCUT2D eigenvalue weighted by Gasteiger charge is -2.16. The van der Waals surface area contributed by atoms with E-state index in [2.05, 4.69) is 26.5 Å². The third-order valence-corrected chi connectivity index (χ3v) is 5.18. The Labute approximate surface area is 166 Å². The topological polar surface area (TPSA) is 78.0 Å². The predicted molar refractivity (Wildman–Crippen MR) is 116 cm³/mol. The molecule has 0 saturated carbocycles. The fourth-order valence-corrected chi connectivity index (χ4v) is 3.60. The van der Waals surface area contributed by atoms with Crippen LogP contribution in [-0.4, -0.2) is 58.0 Å². The molecule has 0 amide bonds. The minimum absolute atomic E-state index is 0.224. The molecule has 1 aliphatic heterocycles. The molecule has 1 fully saturated rings. The number of phenolic OH excluding ortho intramolecular Hbond substituents is 1. The second kappa shape index (κ2) is 8.56. The van der Waals surface area contributed by atoms with Gasteiger partial charge in [0, 0.05) is 67.7 Å². The van der Waals surface area contributed by atoms with Gasteiger partial charge in [0.25, 0.3) is 0 Å². The molecule has 3 rings (SSSR count). The summed E-state index contributed by atoms with van der Waals surface area (Å²) < 4.78 is 1.77. The molecule has 0 unspecified atom stereocenters. The highest BCUT2D eigenvalue weighted by Gasteiger charge is 2.21. The number of aliphatic imine (C=N–C) groups is 2. The van der Waals surface area contributed by atoms with Crippen molar-refractivity contribution in [1.29, 1.82) is 0 Å². The lowest BCUT2D eigenvalue weighted by atomic mass is 10.0. The summed E-state index contributed by atoms with van der Waals surface area (Å²) in [5, 5.41) is 19.7. The highest BCUT2D eigenvalue weighted by Crippen LogP contribution is 2.35. The molecule has 2 aromatic rings. The zero-order chi connectivity index (χ0) is 20.3. The van der Waals surface area contributed by atoms with Gasteiger partial charge in [0.1, 0.15) is 11.6 Å². The van der Waals surface area contributed by atoms with Crippen LogP contribution in [0.3, 0.4) is 0 Å². The van der Waals surface area contributed by atoms with Crippen molar-refractivity contribution in [2.24, 2.45) is 17.0 Å². The number of fused-ring (bicyclic) bond motifs is 1. The Balaban J connectivity index is 2.13. The molecule has 7 nitrogen and oxygen atoms in total. The second-order valence-electron chi connectivity index (χ2n) is 7.19. The number of hydrogen-bond acceptors (Lipinski definition) is 5. The first-order valence-electron chi connectivity index (χ1n) is 9.82. The first-order chi connectivity index (χ1) is 13.5. The minimum atomic E-state index is 0.224. The third-order valence-electron chi connectivity index (χ3n) is 5.18. The number of rotatable bonds is 5. The molecule has 2 heterocycles. The molecule has 1 saturated heterocycles. The summed E-state index contributed by atoms with van der Waals surface area (Å²) in [4.78, 5) is 11.5. The van der Waals surface area contributed by atoms with Crippen LogP contribution in [0.5, 0.6) is 5.75 Å². The SMILES string of the molecule is C\C=N/C(CC)=N/C(=C\N1CC[C@H](NC)C1)c1cc2cn(C)nc2c(C)c1O. The van der Waals surface area contributed by atoms with E-state index in [1.54, 1.807) is 10.9 Å². The van der Waals surface area contributed by atoms with E-state index in [0.717, 1.165) is 53.9 Å². The molecule has 1 aromatic carbocycles. The fourth-order valence-electron chi connectivity index (χ4n) is 3.60. The van der Waals surface area contributed by atoms with Crippen LogP contribution in [0.1, 0.15) is 37.8 Å². The first kappa shape index (κ1) is 20.1. The Bertz CT molecular complexity index is 940. The van der Waals surface area contributed by atoms with E-state index in [0.29, 0.717) is 11.6 Å². The van der Waals surface area contributed by atoms with Crippen molar-refractivity contribution in [1.82, 2.24) is 20.0 Å². The maximum absolute atomic E-state index is 10.9. The summed E-state index contributed by atoms with van der Waals surface area (Å²) in [6.45, 7) is 7.69. The van der Waals surface area contributed by atoms with Gasteiger partial charge in [0.2, 0.25) is 0 Å². The number of benzene rings is 1. The van der Waals surface area contributed by atoms with E-state index in [1.165, 1.54) is 0 Å². The van der Waals surface area contributed by atoms with Gasteiger partial charge in [-0.1, -0.05) is 6.92 Å². The standard InChI is InChI=1S/C21H30N6O/c1-6-19(23-7-2)24-18(13-27-9-8-16(12-27)22-4)17-10-15-11-26(5)25-20(15)14(3)21(17)28/h7,10-11,13,16,22,28H,6,8-9,12H2,1-5H3/b18-13-,23-7-,24-19+/t16-/m0/s1. The summed E-state index contributed by atoms with van der Waals surface area (Å²) in [6.07, 6.45) is 7.57. The number of likely N-dealkylation sites (N-methyl/N-ethyl adjacent to an activating group) is 1. The number of aromatic hydroxyl groups is 1. The number of aromatic nitrogens is 2. The van der Waals surface area contributed by atoms with Gasteiger partial charge in [0.05, 0.1) is 11.2 Å². The van der Waals surface area contributed by atoms with Gasteiger partial charge in [-0.05, 0) is 33.4 Å². The molecular weight excluding hydrogens is 352 g/mol. The van der Waals surface area contributed by atoms with Gasteiger partial charge in [-0.3, -0.25) is 4.68 Å². The molecule has 1 aromatic heterocycles. The molecule has 0 aliphatic carbocycles. The van der Waals surface area contributed by atoms with Crippen LogP contribution in [-0.2, 0) is 7.05 Å². The molecule has 150 valence electrons. The van der Waals surface area contributed by atoms with Crippen molar-refractivity contribution in [2.75, 3.05) is 20.1 Å². The van der Waals surface area contributed by atoms with Crippen LogP contribution < -0.4 is 5.32 Å². The van der Waals surface area contributed by atoms with Crippen LogP contribution >= 0.6 is 0 Å². The Morgan fingerprint density at radius 2 is 2.25 bits per heavy atom. The lowest BCUT2D eigenvalue weighted by Crippen LogP contribution is -2.27. The molecule has 1 atom stereocenters. The summed E-state index contributed by atoms with van der Waals surface area (Å²) in [5.41, 5.74) is 3.01. The van der Waals surface area contributed by atoms with Gasteiger partial charge in [-0.15, -0.1) is 0 Å². The predicted octanol–water partition coefficient (Wildman–Crippen LogP) is 3.08. The van der Waals surface area contributed by atoms with E-state index in [9.17, 15) is 5.11 Å². The minimum Gasteiger partial charge on any atom is -0.507 e. The number of nitrogens with zero attached hydrogens (tertiary/aromatic N) is 5. The Morgan fingerprint density at radius 3 is 2.89 bits per heavy atom. The van der Waals surface area contributed by atoms with Crippen molar-refractivity contribution in [3.8, 4) is 5.75 Å². The normalized spacial score (nSPS) is 18.8. The number of nitrogens with one attached hydrogen (secondary N) is 1. The van der Waals surface area contributed by atoms with Crippen molar-refractivity contribution in [3.05, 3.63) is 29.6 Å². The van der Waals surface area contributed by atoms with Crippen LogP contribution in [0.25, 0.3) is 16.6 Å². The average Bonchev–Trinajstić information content (AvgIpc) is 3.29. The Hall–Kier alpha value is -2.67. The van der Waals surface area contributed by atoms with Gasteiger partial charge in [-0.2, -0.15) is 5.10 Å². The Morgan fingerprint density at radius 1 is 1.46 bits per heavy atom. The quantitative estimate of drug-likeness (QED) is 0.615. The van der Waals surface area contributed by atoms with Gasteiger partial charge in [0.15, 0.2) is 0 Å². The van der Waals surface area contributed by atoms with Crippen molar-refractivity contribution < 1.29 is 5.11 Å². The van der Waals surface area contributed by atoms with E-state index in [4.69, 9.17) is 4.99 Å². The summed E-state index contributed by atoms with van der Waals surface area (Å²) in [5.74, 6) is 0.961. The van der Waals surface area contributed by atoms with Gasteiger partial charge >= 0.3 is 0 Å². The maximum atomic E-state index is 10.9.